The first-order valence-corrected chi connectivity index (χ1v) is 7.52. The summed E-state index contributed by atoms with van der Waals surface area (Å²) < 4.78 is 0. The van der Waals surface area contributed by atoms with E-state index in [9.17, 15) is 5.11 Å². The molecule has 0 radical (unpaired) electrons. The monoisotopic (exact) mass is 258 g/mol. The highest BCUT2D eigenvalue weighted by molar-refractivity contribution is 7.09. The van der Waals surface area contributed by atoms with Gasteiger partial charge in [-0.15, -0.1) is 11.3 Å². The lowest BCUT2D eigenvalue weighted by molar-refractivity contribution is 0.176. The first kappa shape index (κ1) is 11.9. The smallest absolute Gasteiger partial charge is 0.0841 e. The first-order chi connectivity index (χ1) is 8.84. The summed E-state index contributed by atoms with van der Waals surface area (Å²) in [4.78, 5) is 1.26. The molecule has 1 aliphatic carbocycles. The molecule has 1 saturated carbocycles. The van der Waals surface area contributed by atoms with E-state index in [2.05, 4.69) is 29.6 Å². The molecule has 1 N–H and O–H groups in total. The molecule has 94 valence electrons. The predicted molar refractivity (Wildman–Crippen MR) is 76.0 cm³/mol. The van der Waals surface area contributed by atoms with E-state index in [1.807, 2.05) is 12.1 Å². The third kappa shape index (κ3) is 2.36. The molecule has 18 heavy (non-hydrogen) atoms. The zero-order chi connectivity index (χ0) is 12.4. The molecule has 1 aliphatic rings. The maximum absolute atomic E-state index is 10.4. The average molecular weight is 258 g/mol. The number of aliphatic hydroxyl groups is 1. The standard InChI is InChI=1S/C16H18OS/c17-16(11-13-7-4-10-18-13)15-9-2-1-8-14(15)12-5-3-6-12/h1-2,4,7-10,12,16-17H,3,5-6,11H2. The molecule has 1 unspecified atom stereocenters. The molecule has 1 nitrogen and oxygen atoms in total. The zero-order valence-corrected chi connectivity index (χ0v) is 11.2. The van der Waals surface area contributed by atoms with Crippen molar-refractivity contribution in [2.45, 2.75) is 37.7 Å². The summed E-state index contributed by atoms with van der Waals surface area (Å²) in [5, 5.41) is 12.5. The minimum atomic E-state index is -0.361. The maximum Gasteiger partial charge on any atom is 0.0841 e. The number of benzene rings is 1. The molecule has 0 spiro atoms. The molecule has 0 amide bonds. The lowest BCUT2D eigenvalue weighted by atomic mass is 9.77. The highest BCUT2D eigenvalue weighted by atomic mass is 32.1. The molecular formula is C16H18OS. The fourth-order valence-electron chi connectivity index (χ4n) is 2.63. The summed E-state index contributed by atoms with van der Waals surface area (Å²) in [7, 11) is 0. The minimum absolute atomic E-state index is 0.361. The Morgan fingerprint density at radius 2 is 2.00 bits per heavy atom. The Labute approximate surface area is 112 Å². The van der Waals surface area contributed by atoms with Crippen LogP contribution in [0.25, 0.3) is 0 Å². The van der Waals surface area contributed by atoms with Crippen LogP contribution >= 0.6 is 11.3 Å². The Hall–Kier alpha value is -1.12. The molecule has 1 aromatic carbocycles. The zero-order valence-electron chi connectivity index (χ0n) is 10.4. The van der Waals surface area contributed by atoms with E-state index in [0.29, 0.717) is 5.92 Å². The van der Waals surface area contributed by atoms with Gasteiger partial charge in [0.2, 0.25) is 0 Å². The minimum Gasteiger partial charge on any atom is -0.388 e. The first-order valence-electron chi connectivity index (χ1n) is 6.64. The fraction of sp³-hybridized carbons (Fsp3) is 0.375. The number of thiophene rings is 1. The highest BCUT2D eigenvalue weighted by Crippen LogP contribution is 2.40. The van der Waals surface area contributed by atoms with Crippen LogP contribution in [0.15, 0.2) is 41.8 Å². The van der Waals surface area contributed by atoms with Gasteiger partial charge in [0.1, 0.15) is 0 Å². The molecule has 1 fully saturated rings. The van der Waals surface area contributed by atoms with Gasteiger partial charge in [-0.3, -0.25) is 0 Å². The van der Waals surface area contributed by atoms with Crippen molar-refractivity contribution in [3.8, 4) is 0 Å². The maximum atomic E-state index is 10.4. The van der Waals surface area contributed by atoms with E-state index in [0.717, 1.165) is 12.0 Å². The van der Waals surface area contributed by atoms with Gasteiger partial charge < -0.3 is 5.11 Å². The number of aliphatic hydroxyl groups excluding tert-OH is 1. The number of hydrogen-bond donors (Lipinski definition) is 1. The molecule has 1 aromatic heterocycles. The summed E-state index contributed by atoms with van der Waals surface area (Å²) in [5.74, 6) is 0.680. The second-order valence-electron chi connectivity index (χ2n) is 5.06. The van der Waals surface area contributed by atoms with Gasteiger partial charge in [-0.1, -0.05) is 36.8 Å². The lowest BCUT2D eigenvalue weighted by Crippen LogP contribution is -2.13. The second-order valence-corrected chi connectivity index (χ2v) is 6.09. The van der Waals surface area contributed by atoms with Crippen LogP contribution < -0.4 is 0 Å². The molecule has 0 saturated heterocycles. The van der Waals surface area contributed by atoms with Gasteiger partial charge in [0.05, 0.1) is 6.10 Å². The summed E-state index contributed by atoms with van der Waals surface area (Å²) >= 11 is 1.72. The molecule has 0 bridgehead atoms. The van der Waals surface area contributed by atoms with Crippen LogP contribution in [0.2, 0.25) is 0 Å². The van der Waals surface area contributed by atoms with Gasteiger partial charge in [0, 0.05) is 11.3 Å². The van der Waals surface area contributed by atoms with Crippen LogP contribution in [-0.4, -0.2) is 5.11 Å². The van der Waals surface area contributed by atoms with E-state index in [4.69, 9.17) is 0 Å². The van der Waals surface area contributed by atoms with Gasteiger partial charge in [-0.2, -0.15) is 0 Å². The van der Waals surface area contributed by atoms with E-state index in [1.165, 1.54) is 29.7 Å². The van der Waals surface area contributed by atoms with E-state index in [-0.39, 0.29) is 6.10 Å². The quantitative estimate of drug-likeness (QED) is 0.867. The Morgan fingerprint density at radius 3 is 2.67 bits per heavy atom. The molecule has 1 atom stereocenters. The summed E-state index contributed by atoms with van der Waals surface area (Å²) in [6, 6.07) is 12.6. The molecule has 2 heteroatoms. The third-order valence-corrected chi connectivity index (χ3v) is 4.77. The Bertz CT molecular complexity index is 500. The van der Waals surface area contributed by atoms with Crippen molar-refractivity contribution in [1.29, 1.82) is 0 Å². The largest absolute Gasteiger partial charge is 0.388 e. The van der Waals surface area contributed by atoms with Crippen LogP contribution in [-0.2, 0) is 6.42 Å². The normalized spacial score (nSPS) is 17.4. The van der Waals surface area contributed by atoms with Crippen LogP contribution in [0.3, 0.4) is 0 Å². The van der Waals surface area contributed by atoms with Gasteiger partial charge in [0.25, 0.3) is 0 Å². The van der Waals surface area contributed by atoms with Crippen LogP contribution in [0.1, 0.15) is 47.3 Å². The molecule has 0 aliphatic heterocycles. The van der Waals surface area contributed by atoms with Crippen molar-refractivity contribution < 1.29 is 5.11 Å². The van der Waals surface area contributed by atoms with Crippen LogP contribution in [0.4, 0.5) is 0 Å². The van der Waals surface area contributed by atoms with Gasteiger partial charge in [-0.25, -0.2) is 0 Å². The fourth-order valence-corrected chi connectivity index (χ4v) is 3.38. The summed E-state index contributed by atoms with van der Waals surface area (Å²) in [6.07, 6.45) is 4.27. The molecule has 1 heterocycles. The van der Waals surface area contributed by atoms with Crippen LogP contribution in [0, 0.1) is 0 Å². The van der Waals surface area contributed by atoms with Crippen molar-refractivity contribution in [3.05, 3.63) is 57.8 Å². The van der Waals surface area contributed by atoms with E-state index < -0.39 is 0 Å². The van der Waals surface area contributed by atoms with Gasteiger partial charge in [0.15, 0.2) is 0 Å². The lowest BCUT2D eigenvalue weighted by Gasteiger charge is -2.29. The molecular weight excluding hydrogens is 240 g/mol. The second kappa shape index (κ2) is 5.25. The van der Waals surface area contributed by atoms with E-state index >= 15 is 0 Å². The topological polar surface area (TPSA) is 20.2 Å². The third-order valence-electron chi connectivity index (χ3n) is 3.87. The van der Waals surface area contributed by atoms with Crippen LogP contribution in [0.5, 0.6) is 0 Å². The highest BCUT2D eigenvalue weighted by Gasteiger charge is 2.24. The Kier molecular flexibility index (Phi) is 3.48. The van der Waals surface area contributed by atoms with Crippen molar-refractivity contribution in [1.82, 2.24) is 0 Å². The number of hydrogen-bond acceptors (Lipinski definition) is 2. The van der Waals surface area contributed by atoms with E-state index in [1.54, 1.807) is 11.3 Å². The molecule has 2 aromatic rings. The predicted octanol–water partition coefficient (Wildman–Crippen LogP) is 4.29. The van der Waals surface area contributed by atoms with Gasteiger partial charge in [-0.05, 0) is 41.3 Å². The van der Waals surface area contributed by atoms with Crippen molar-refractivity contribution in [2.24, 2.45) is 0 Å². The summed E-state index contributed by atoms with van der Waals surface area (Å²) in [5.41, 5.74) is 2.50. The summed E-state index contributed by atoms with van der Waals surface area (Å²) in [6.45, 7) is 0. The Balaban J connectivity index is 1.82. The number of rotatable bonds is 4. The molecule has 3 rings (SSSR count). The van der Waals surface area contributed by atoms with Crippen molar-refractivity contribution in [3.63, 3.8) is 0 Å². The van der Waals surface area contributed by atoms with Crippen molar-refractivity contribution in [2.75, 3.05) is 0 Å². The Morgan fingerprint density at radius 1 is 1.17 bits per heavy atom. The SMILES string of the molecule is OC(Cc1cccs1)c1ccccc1C1CCC1. The van der Waals surface area contributed by atoms with Crippen molar-refractivity contribution >= 4 is 11.3 Å². The average Bonchev–Trinajstić information content (AvgIpc) is 2.80. The van der Waals surface area contributed by atoms with Gasteiger partial charge >= 0.3 is 0 Å².